The van der Waals surface area contributed by atoms with E-state index in [0.717, 1.165) is 13.0 Å². The number of aromatic nitrogens is 1. The van der Waals surface area contributed by atoms with E-state index >= 15 is 0 Å². The van der Waals surface area contributed by atoms with E-state index in [9.17, 15) is 5.11 Å². The third-order valence-corrected chi connectivity index (χ3v) is 4.99. The summed E-state index contributed by atoms with van der Waals surface area (Å²) in [6.45, 7) is 2.33. The Morgan fingerprint density at radius 2 is 1.35 bits per heavy atom. The molecule has 0 saturated heterocycles. The lowest BCUT2D eigenvalue weighted by molar-refractivity contribution is -0.660. The van der Waals surface area contributed by atoms with Crippen LogP contribution in [0.3, 0.4) is 0 Å². The Morgan fingerprint density at radius 1 is 0.769 bits per heavy atom. The van der Waals surface area contributed by atoms with E-state index in [1.165, 1.54) is 27.4 Å². The summed E-state index contributed by atoms with van der Waals surface area (Å²) in [5.41, 5.74) is 3.73. The minimum Gasteiger partial charge on any atom is -0.385 e. The van der Waals surface area contributed by atoms with Crippen molar-refractivity contribution in [2.45, 2.75) is 19.1 Å². The highest BCUT2D eigenvalue weighted by molar-refractivity contribution is 6.07. The second kappa shape index (κ2) is 7.73. The summed E-state index contributed by atoms with van der Waals surface area (Å²) >= 11 is 0. The van der Waals surface area contributed by atoms with E-state index in [1.54, 1.807) is 0 Å². The molecule has 4 aromatic rings. The minimum absolute atomic E-state index is 0.370. The molecule has 3 N–H and O–H groups in total. The zero-order valence-corrected chi connectivity index (χ0v) is 14.9. The molecule has 3 aromatic carbocycles. The first-order valence-electron chi connectivity index (χ1n) is 9.32. The number of benzene rings is 3. The van der Waals surface area contributed by atoms with Gasteiger partial charge in [0, 0.05) is 28.2 Å². The van der Waals surface area contributed by atoms with Crippen molar-refractivity contribution in [2.75, 3.05) is 13.1 Å². The molecule has 0 aliphatic heterocycles. The van der Waals surface area contributed by atoms with Crippen LogP contribution in [0.15, 0.2) is 78.9 Å². The zero-order valence-electron chi connectivity index (χ0n) is 14.9. The largest absolute Gasteiger partial charge is 0.385 e. The number of nitrogens with zero attached hydrogens (tertiary/aromatic N) is 1. The molecule has 3 heteroatoms. The molecule has 0 saturated carbocycles. The van der Waals surface area contributed by atoms with E-state index in [1.807, 2.05) is 6.07 Å². The minimum atomic E-state index is -0.370. The summed E-state index contributed by atoms with van der Waals surface area (Å²) in [7, 11) is 0. The maximum Gasteiger partial charge on any atom is 0.121 e. The number of rotatable bonds is 7. The van der Waals surface area contributed by atoms with E-state index in [-0.39, 0.29) is 6.10 Å². The average molecular weight is 345 g/mol. The quantitative estimate of drug-likeness (QED) is 0.497. The number of aliphatic hydroxyl groups excluding tert-OH is 1. The Balaban J connectivity index is 1.43. The van der Waals surface area contributed by atoms with Gasteiger partial charge in [-0.25, -0.2) is 0 Å². The number of nitrogens with two attached hydrogens (primary N) is 1. The van der Waals surface area contributed by atoms with Gasteiger partial charge >= 0.3 is 0 Å². The molecule has 0 unspecified atom stereocenters. The summed E-state index contributed by atoms with van der Waals surface area (Å²) in [5, 5.41) is 15.3. The molecule has 1 atom stereocenters. The van der Waals surface area contributed by atoms with Gasteiger partial charge < -0.3 is 15.0 Å². The van der Waals surface area contributed by atoms with Crippen LogP contribution in [0.1, 0.15) is 5.56 Å². The van der Waals surface area contributed by atoms with Crippen molar-refractivity contribution >= 4 is 21.8 Å². The summed E-state index contributed by atoms with van der Waals surface area (Å²) in [6.07, 6.45) is 0.660. The fourth-order valence-corrected chi connectivity index (χ4v) is 3.71. The Kier molecular flexibility index (Phi) is 5.00. The molecule has 0 amide bonds. The normalized spacial score (nSPS) is 12.7. The fraction of sp³-hybridized carbons (Fsp3) is 0.217. The summed E-state index contributed by atoms with van der Waals surface area (Å²) in [5.74, 6) is 0. The third kappa shape index (κ3) is 3.50. The average Bonchev–Trinajstić information content (AvgIpc) is 3.00. The smallest absolute Gasteiger partial charge is 0.121 e. The molecule has 0 bridgehead atoms. The second-order valence-electron chi connectivity index (χ2n) is 6.85. The van der Waals surface area contributed by atoms with Crippen molar-refractivity contribution in [3.05, 3.63) is 84.4 Å². The van der Waals surface area contributed by atoms with Gasteiger partial charge in [0.2, 0.25) is 0 Å². The number of fused-ring (bicyclic) bond motifs is 3. The molecule has 0 aliphatic rings. The molecule has 0 fully saturated rings. The predicted octanol–water partition coefficient (Wildman–Crippen LogP) is 2.96. The molecule has 1 aromatic heterocycles. The monoisotopic (exact) mass is 345 g/mol. The second-order valence-corrected chi connectivity index (χ2v) is 6.85. The van der Waals surface area contributed by atoms with E-state index < -0.39 is 0 Å². The Morgan fingerprint density at radius 3 is 2.00 bits per heavy atom. The fourth-order valence-electron chi connectivity index (χ4n) is 3.71. The van der Waals surface area contributed by atoms with Crippen molar-refractivity contribution in [1.82, 2.24) is 4.57 Å². The Bertz CT molecular complexity index is 938. The van der Waals surface area contributed by atoms with Gasteiger partial charge in [-0.15, -0.1) is 0 Å². The SMILES string of the molecule is O[C@@H](C[NH2+]CCc1ccccc1)Cn1c2ccccc2c2ccccc21. The van der Waals surface area contributed by atoms with Crippen molar-refractivity contribution < 1.29 is 10.4 Å². The molecule has 26 heavy (non-hydrogen) atoms. The molecular weight excluding hydrogens is 320 g/mol. The van der Waals surface area contributed by atoms with Gasteiger partial charge in [0.1, 0.15) is 12.6 Å². The standard InChI is InChI=1S/C23H24N2O/c26-19(16-24-15-14-18-8-2-1-3-9-18)17-25-22-12-6-4-10-20(22)21-11-5-7-13-23(21)25/h1-13,19,24,26H,14-17H2/p+1/t19-/m0/s1. The van der Waals surface area contributed by atoms with Gasteiger partial charge in [-0.1, -0.05) is 66.7 Å². The van der Waals surface area contributed by atoms with Crippen molar-refractivity contribution in [3.63, 3.8) is 0 Å². The van der Waals surface area contributed by atoms with Crippen LogP contribution in [0.5, 0.6) is 0 Å². The van der Waals surface area contributed by atoms with E-state index in [4.69, 9.17) is 0 Å². The van der Waals surface area contributed by atoms with Gasteiger partial charge in [-0.3, -0.25) is 0 Å². The highest BCUT2D eigenvalue weighted by Crippen LogP contribution is 2.28. The van der Waals surface area contributed by atoms with Crippen LogP contribution in [0.4, 0.5) is 0 Å². The van der Waals surface area contributed by atoms with Crippen LogP contribution < -0.4 is 5.32 Å². The van der Waals surface area contributed by atoms with Crippen LogP contribution >= 0.6 is 0 Å². The topological polar surface area (TPSA) is 41.8 Å². The molecule has 0 radical (unpaired) electrons. The van der Waals surface area contributed by atoms with Crippen molar-refractivity contribution in [3.8, 4) is 0 Å². The molecule has 1 heterocycles. The zero-order chi connectivity index (χ0) is 17.8. The first-order chi connectivity index (χ1) is 12.8. The molecule has 4 rings (SSSR count). The number of aliphatic hydroxyl groups is 1. The van der Waals surface area contributed by atoms with Gasteiger partial charge in [0.05, 0.1) is 13.1 Å². The molecule has 0 aliphatic carbocycles. The summed E-state index contributed by atoms with van der Waals surface area (Å²) < 4.78 is 2.25. The van der Waals surface area contributed by atoms with Crippen LogP contribution in [-0.2, 0) is 13.0 Å². The Labute approximate surface area is 153 Å². The van der Waals surface area contributed by atoms with E-state index in [0.29, 0.717) is 13.1 Å². The van der Waals surface area contributed by atoms with E-state index in [2.05, 4.69) is 82.7 Å². The maximum atomic E-state index is 10.6. The van der Waals surface area contributed by atoms with Crippen molar-refractivity contribution in [2.24, 2.45) is 0 Å². The predicted molar refractivity (Wildman–Crippen MR) is 107 cm³/mol. The van der Waals surface area contributed by atoms with Gasteiger partial charge in [-0.2, -0.15) is 0 Å². The Hall–Kier alpha value is -2.62. The molecule has 0 spiro atoms. The molecule has 132 valence electrons. The lowest BCUT2D eigenvalue weighted by Gasteiger charge is -2.13. The van der Waals surface area contributed by atoms with Crippen molar-refractivity contribution in [1.29, 1.82) is 0 Å². The first-order valence-corrected chi connectivity index (χ1v) is 9.32. The third-order valence-electron chi connectivity index (χ3n) is 4.99. The molecular formula is C23H25N2O+. The van der Waals surface area contributed by atoms with Crippen LogP contribution in [0.25, 0.3) is 21.8 Å². The highest BCUT2D eigenvalue weighted by Gasteiger charge is 2.14. The van der Waals surface area contributed by atoms with Gasteiger partial charge in [0.15, 0.2) is 0 Å². The van der Waals surface area contributed by atoms with Gasteiger partial charge in [0.25, 0.3) is 0 Å². The molecule has 3 nitrogen and oxygen atoms in total. The number of hydrogen-bond donors (Lipinski definition) is 2. The van der Waals surface area contributed by atoms with Gasteiger partial charge in [-0.05, 0) is 17.7 Å². The summed E-state index contributed by atoms with van der Waals surface area (Å²) in [6, 6.07) is 27.4. The van der Waals surface area contributed by atoms with Crippen LogP contribution in [0, 0.1) is 0 Å². The number of hydrogen-bond acceptors (Lipinski definition) is 1. The first kappa shape index (κ1) is 16.8. The number of quaternary nitrogens is 1. The van der Waals surface area contributed by atoms with Crippen LogP contribution in [-0.4, -0.2) is 28.9 Å². The lowest BCUT2D eigenvalue weighted by Crippen LogP contribution is -2.87. The number of para-hydroxylation sites is 2. The maximum absolute atomic E-state index is 10.6. The lowest BCUT2D eigenvalue weighted by atomic mass is 10.1. The summed E-state index contributed by atoms with van der Waals surface area (Å²) in [4.78, 5) is 0. The van der Waals surface area contributed by atoms with Crippen LogP contribution in [0.2, 0.25) is 0 Å². The highest BCUT2D eigenvalue weighted by atomic mass is 16.3.